The largest absolute Gasteiger partial charge is 0.457 e. The highest BCUT2D eigenvalue weighted by molar-refractivity contribution is 7.87. The predicted molar refractivity (Wildman–Crippen MR) is 126 cm³/mol. The van der Waals surface area contributed by atoms with Crippen LogP contribution in [0.1, 0.15) is 5.56 Å². The first kappa shape index (κ1) is 21.6. The number of benzene rings is 4. The van der Waals surface area contributed by atoms with E-state index in [1.807, 2.05) is 54.6 Å². The van der Waals surface area contributed by atoms with Gasteiger partial charge in [0.05, 0.1) is 5.69 Å². The molecule has 0 amide bonds. The van der Waals surface area contributed by atoms with E-state index >= 15 is 0 Å². The maximum absolute atomic E-state index is 12.6. The lowest BCUT2D eigenvalue weighted by atomic mass is 10.2. The molecule has 160 valence electrons. The van der Waals surface area contributed by atoms with Crippen molar-refractivity contribution in [1.82, 2.24) is 0 Å². The third-order valence-corrected chi connectivity index (χ3v) is 5.89. The SMILES string of the molecule is O=S(=O)(Oc1ccccc1C=Nc1ccc(Oc2ccccc2)cc1)c1ccc(Cl)cc1. The molecule has 0 bridgehead atoms. The summed E-state index contributed by atoms with van der Waals surface area (Å²) >= 11 is 5.84. The quantitative estimate of drug-likeness (QED) is 0.227. The molecule has 0 fully saturated rings. The Morgan fingerprint density at radius 2 is 1.34 bits per heavy atom. The van der Waals surface area contributed by atoms with Crippen LogP contribution in [0.15, 0.2) is 113 Å². The van der Waals surface area contributed by atoms with Gasteiger partial charge >= 0.3 is 10.1 Å². The van der Waals surface area contributed by atoms with Gasteiger partial charge in [0.2, 0.25) is 0 Å². The highest BCUT2D eigenvalue weighted by Crippen LogP contribution is 2.26. The first-order valence-electron chi connectivity index (χ1n) is 9.66. The van der Waals surface area contributed by atoms with Gasteiger partial charge in [-0.25, -0.2) is 0 Å². The third kappa shape index (κ3) is 5.55. The Bertz CT molecular complexity index is 1320. The second kappa shape index (κ2) is 9.68. The van der Waals surface area contributed by atoms with Gasteiger partial charge in [0.25, 0.3) is 0 Å². The fraction of sp³-hybridized carbons (Fsp3) is 0. The van der Waals surface area contributed by atoms with E-state index in [1.54, 1.807) is 30.5 Å². The van der Waals surface area contributed by atoms with Crippen molar-refractivity contribution in [3.63, 3.8) is 0 Å². The maximum Gasteiger partial charge on any atom is 0.339 e. The molecule has 0 atom stereocenters. The Morgan fingerprint density at radius 1 is 0.719 bits per heavy atom. The molecule has 0 unspecified atom stereocenters. The minimum Gasteiger partial charge on any atom is -0.457 e. The molecule has 4 aromatic rings. The van der Waals surface area contributed by atoms with E-state index in [1.165, 1.54) is 24.3 Å². The van der Waals surface area contributed by atoms with Crippen LogP contribution in [-0.2, 0) is 10.1 Å². The summed E-state index contributed by atoms with van der Waals surface area (Å²) in [5.41, 5.74) is 1.20. The zero-order valence-corrected chi connectivity index (χ0v) is 18.3. The molecule has 7 heteroatoms. The van der Waals surface area contributed by atoms with Gasteiger partial charge in [-0.2, -0.15) is 8.42 Å². The normalized spacial score (nSPS) is 11.4. The van der Waals surface area contributed by atoms with Crippen molar-refractivity contribution in [2.75, 3.05) is 0 Å². The molecule has 4 aromatic carbocycles. The van der Waals surface area contributed by atoms with Crippen LogP contribution in [0.4, 0.5) is 5.69 Å². The number of halogens is 1. The summed E-state index contributed by atoms with van der Waals surface area (Å²) in [6.07, 6.45) is 1.56. The highest BCUT2D eigenvalue weighted by atomic mass is 35.5. The van der Waals surface area contributed by atoms with E-state index in [0.717, 1.165) is 5.75 Å². The fourth-order valence-corrected chi connectivity index (χ4v) is 3.88. The Balaban J connectivity index is 1.50. The number of ether oxygens (including phenoxy) is 1. The first-order valence-corrected chi connectivity index (χ1v) is 11.4. The summed E-state index contributed by atoms with van der Waals surface area (Å²) < 4.78 is 36.3. The van der Waals surface area contributed by atoms with Crippen LogP contribution in [0.25, 0.3) is 0 Å². The number of nitrogens with zero attached hydrogens (tertiary/aromatic N) is 1. The molecule has 0 saturated carbocycles. The van der Waals surface area contributed by atoms with Gasteiger partial charge in [0.1, 0.15) is 16.4 Å². The lowest BCUT2D eigenvalue weighted by Crippen LogP contribution is -2.10. The molecule has 32 heavy (non-hydrogen) atoms. The van der Waals surface area contributed by atoms with Crippen LogP contribution in [-0.4, -0.2) is 14.6 Å². The van der Waals surface area contributed by atoms with Gasteiger partial charge in [0, 0.05) is 16.8 Å². The third-order valence-electron chi connectivity index (χ3n) is 4.39. The topological polar surface area (TPSA) is 65.0 Å². The van der Waals surface area contributed by atoms with E-state index < -0.39 is 10.1 Å². The van der Waals surface area contributed by atoms with Crippen molar-refractivity contribution in [3.8, 4) is 17.2 Å². The molecule has 0 aliphatic heterocycles. The van der Waals surface area contributed by atoms with Crippen LogP contribution in [0, 0.1) is 0 Å². The molecule has 0 spiro atoms. The Hall–Kier alpha value is -3.61. The van der Waals surface area contributed by atoms with Crippen molar-refractivity contribution in [1.29, 1.82) is 0 Å². The second-order valence-corrected chi connectivity index (χ2v) is 8.68. The van der Waals surface area contributed by atoms with Crippen LogP contribution in [0.2, 0.25) is 5.02 Å². The van der Waals surface area contributed by atoms with E-state index in [0.29, 0.717) is 22.0 Å². The van der Waals surface area contributed by atoms with Gasteiger partial charge in [-0.1, -0.05) is 41.9 Å². The molecule has 0 aliphatic rings. The van der Waals surface area contributed by atoms with Gasteiger partial charge < -0.3 is 8.92 Å². The summed E-state index contributed by atoms with van der Waals surface area (Å²) in [6.45, 7) is 0. The Kier molecular flexibility index (Phi) is 6.54. The molecule has 0 radical (unpaired) electrons. The van der Waals surface area contributed by atoms with Gasteiger partial charge in [-0.3, -0.25) is 4.99 Å². The average molecular weight is 464 g/mol. The van der Waals surface area contributed by atoms with Crippen molar-refractivity contribution in [3.05, 3.63) is 114 Å². The van der Waals surface area contributed by atoms with Gasteiger partial charge in [-0.15, -0.1) is 0 Å². The van der Waals surface area contributed by atoms with Crippen molar-refractivity contribution in [2.24, 2.45) is 4.99 Å². The van der Waals surface area contributed by atoms with E-state index in [2.05, 4.69) is 4.99 Å². The van der Waals surface area contributed by atoms with Gasteiger partial charge in [0.15, 0.2) is 5.75 Å². The number of rotatable bonds is 7. The lowest BCUT2D eigenvalue weighted by molar-refractivity contribution is 0.482. The molecule has 4 rings (SSSR count). The molecule has 0 N–H and O–H groups in total. The second-order valence-electron chi connectivity index (χ2n) is 6.70. The summed E-state index contributed by atoms with van der Waals surface area (Å²) in [6, 6.07) is 29.3. The molecular formula is C25H18ClNO4S. The van der Waals surface area contributed by atoms with E-state index in [-0.39, 0.29) is 10.6 Å². The summed E-state index contributed by atoms with van der Waals surface area (Å²) in [5.74, 6) is 1.61. The monoisotopic (exact) mass is 463 g/mol. The Labute approximate surface area is 191 Å². The van der Waals surface area contributed by atoms with Crippen molar-refractivity contribution < 1.29 is 17.3 Å². The number of hydrogen-bond acceptors (Lipinski definition) is 5. The minimum absolute atomic E-state index is 0.0163. The summed E-state index contributed by atoms with van der Waals surface area (Å²) in [4.78, 5) is 4.44. The Morgan fingerprint density at radius 3 is 2.06 bits per heavy atom. The van der Waals surface area contributed by atoms with Crippen LogP contribution in [0.3, 0.4) is 0 Å². The zero-order valence-electron chi connectivity index (χ0n) is 16.8. The fourth-order valence-electron chi connectivity index (χ4n) is 2.80. The standard InChI is InChI=1S/C25H18ClNO4S/c26-20-10-16-24(17-11-20)32(28,29)31-25-9-5-4-6-19(25)18-27-21-12-14-23(15-13-21)30-22-7-2-1-3-8-22/h1-18H. The minimum atomic E-state index is -4.01. The van der Waals surface area contributed by atoms with Crippen LogP contribution in [0.5, 0.6) is 17.2 Å². The average Bonchev–Trinajstić information content (AvgIpc) is 2.80. The smallest absolute Gasteiger partial charge is 0.339 e. The van der Waals surface area contributed by atoms with Crippen LogP contribution >= 0.6 is 11.6 Å². The summed E-state index contributed by atoms with van der Waals surface area (Å²) in [7, 11) is -4.01. The summed E-state index contributed by atoms with van der Waals surface area (Å²) in [5, 5.41) is 0.441. The zero-order chi connectivity index (χ0) is 22.4. The van der Waals surface area contributed by atoms with Gasteiger partial charge in [-0.05, 0) is 72.8 Å². The predicted octanol–water partition coefficient (Wildman–Crippen LogP) is 6.65. The van der Waals surface area contributed by atoms with E-state index in [4.69, 9.17) is 20.5 Å². The van der Waals surface area contributed by atoms with E-state index in [9.17, 15) is 8.42 Å². The molecule has 0 aromatic heterocycles. The number of hydrogen-bond donors (Lipinski definition) is 0. The first-order chi connectivity index (χ1) is 15.5. The molecule has 0 aliphatic carbocycles. The molecule has 0 heterocycles. The number of para-hydroxylation sites is 2. The van der Waals surface area contributed by atoms with Crippen molar-refractivity contribution >= 4 is 33.6 Å². The van der Waals surface area contributed by atoms with Crippen molar-refractivity contribution in [2.45, 2.75) is 4.90 Å². The highest BCUT2D eigenvalue weighted by Gasteiger charge is 2.18. The molecular weight excluding hydrogens is 446 g/mol. The molecule has 0 saturated heterocycles. The van der Waals surface area contributed by atoms with Crippen LogP contribution < -0.4 is 8.92 Å². The lowest BCUT2D eigenvalue weighted by Gasteiger charge is -2.09. The number of aliphatic imine (C=N–C) groups is 1. The molecule has 5 nitrogen and oxygen atoms in total. The maximum atomic E-state index is 12.6.